The summed E-state index contributed by atoms with van der Waals surface area (Å²) >= 11 is 0. The van der Waals surface area contributed by atoms with Crippen LogP contribution in [-0.2, 0) is 11.2 Å². The summed E-state index contributed by atoms with van der Waals surface area (Å²) in [7, 11) is 2.26. The first-order valence-corrected chi connectivity index (χ1v) is 7.51. The van der Waals surface area contributed by atoms with Gasteiger partial charge in [-0.05, 0) is 36.5 Å². The number of carbonyl (C=O) groups excluding carboxylic acids is 1. The van der Waals surface area contributed by atoms with Crippen LogP contribution in [0.2, 0.25) is 0 Å². The Morgan fingerprint density at radius 3 is 2.71 bits per heavy atom. The fraction of sp³-hybridized carbons (Fsp3) is 0.353. The van der Waals surface area contributed by atoms with Gasteiger partial charge in [-0.15, -0.1) is 0 Å². The second kappa shape index (κ2) is 10.8. The smallest absolute Gasteiger partial charge is 0.143 e. The van der Waals surface area contributed by atoms with E-state index in [0.717, 1.165) is 37.0 Å². The molecule has 1 rings (SSSR count). The lowest BCUT2D eigenvalue weighted by molar-refractivity contribution is -0.109. The van der Waals surface area contributed by atoms with E-state index >= 15 is 0 Å². The molecule has 1 aromatic carbocycles. The second-order valence-corrected chi connectivity index (χ2v) is 4.75. The van der Waals surface area contributed by atoms with Gasteiger partial charge in [0.15, 0.2) is 0 Å². The van der Waals surface area contributed by atoms with Crippen molar-refractivity contribution < 1.29 is 9.53 Å². The molecule has 0 aliphatic rings. The maximum atomic E-state index is 11.0. The Kier molecular flexibility index (Phi) is 8.78. The van der Waals surface area contributed by atoms with Crippen LogP contribution in [0.4, 0.5) is 0 Å². The van der Waals surface area contributed by atoms with Gasteiger partial charge < -0.3 is 14.8 Å². The Balaban J connectivity index is 2.50. The molecule has 0 heterocycles. The normalized spacial score (nSPS) is 10.4. The van der Waals surface area contributed by atoms with Crippen molar-refractivity contribution in [1.82, 2.24) is 5.32 Å². The molecule has 1 N–H and O–H groups in total. The Morgan fingerprint density at radius 2 is 2.10 bits per heavy atom. The minimum atomic E-state index is -0.337. The first kappa shape index (κ1) is 17.1. The molecule has 0 aliphatic heterocycles. The molecule has 0 bridgehead atoms. The summed E-state index contributed by atoms with van der Waals surface area (Å²) in [5.74, 6) is 6.04. The SMILES string of the molecule is CCCCOc1ccc(C[C@@H](C=O)NC#CC#CP)cc1. The summed E-state index contributed by atoms with van der Waals surface area (Å²) in [5.41, 5.74) is 3.64. The number of aldehydes is 1. The van der Waals surface area contributed by atoms with Gasteiger partial charge >= 0.3 is 0 Å². The van der Waals surface area contributed by atoms with Gasteiger partial charge in [0.1, 0.15) is 12.0 Å². The molecule has 0 radical (unpaired) electrons. The van der Waals surface area contributed by atoms with Crippen LogP contribution in [0.1, 0.15) is 25.3 Å². The lowest BCUT2D eigenvalue weighted by Crippen LogP contribution is -2.28. The van der Waals surface area contributed by atoms with Gasteiger partial charge in [-0.1, -0.05) is 40.4 Å². The third kappa shape index (κ3) is 7.40. The zero-order chi connectivity index (χ0) is 15.3. The average molecular weight is 301 g/mol. The average Bonchev–Trinajstić information content (AvgIpc) is 2.52. The molecule has 4 heteroatoms. The standard InChI is InChI=1S/C17H20NO2P/c1-2-3-11-20-17-8-6-15(7-9-17)13-16(14-19)18-10-4-5-12-21/h6-9,14,16,18H,2-3,11,13,21H2,1H3/t16-/m0/s1. The van der Waals surface area contributed by atoms with Gasteiger partial charge in [-0.2, -0.15) is 0 Å². The molecule has 0 fully saturated rings. The highest BCUT2D eigenvalue weighted by atomic mass is 31.0. The van der Waals surface area contributed by atoms with E-state index in [-0.39, 0.29) is 6.04 Å². The van der Waals surface area contributed by atoms with E-state index in [4.69, 9.17) is 4.74 Å². The lowest BCUT2D eigenvalue weighted by Gasteiger charge is -2.10. The first-order valence-electron chi connectivity index (χ1n) is 6.93. The van der Waals surface area contributed by atoms with Crippen molar-refractivity contribution in [3.8, 4) is 29.3 Å². The van der Waals surface area contributed by atoms with Gasteiger partial charge in [-0.3, -0.25) is 0 Å². The van der Waals surface area contributed by atoms with Crippen LogP contribution in [0.25, 0.3) is 0 Å². The van der Waals surface area contributed by atoms with Crippen LogP contribution in [0, 0.1) is 23.5 Å². The van der Waals surface area contributed by atoms with E-state index in [9.17, 15) is 4.79 Å². The fourth-order valence-electron chi connectivity index (χ4n) is 1.64. The summed E-state index contributed by atoms with van der Waals surface area (Å²) < 4.78 is 5.60. The maximum absolute atomic E-state index is 11.0. The molecular formula is C17H20NO2P. The highest BCUT2D eigenvalue weighted by molar-refractivity contribution is 7.23. The summed E-state index contributed by atoms with van der Waals surface area (Å²) in [4.78, 5) is 11.0. The monoisotopic (exact) mass is 301 g/mol. The predicted octanol–water partition coefficient (Wildman–Crippen LogP) is 2.36. The summed E-state index contributed by atoms with van der Waals surface area (Å²) in [6.45, 7) is 2.87. The van der Waals surface area contributed by atoms with Gasteiger partial charge in [0.25, 0.3) is 0 Å². The fourth-order valence-corrected chi connectivity index (χ4v) is 1.71. The number of ether oxygens (including phenoxy) is 1. The Labute approximate surface area is 129 Å². The minimum Gasteiger partial charge on any atom is -0.494 e. The maximum Gasteiger partial charge on any atom is 0.143 e. The van der Waals surface area contributed by atoms with Crippen molar-refractivity contribution in [2.75, 3.05) is 6.61 Å². The van der Waals surface area contributed by atoms with Crippen LogP contribution < -0.4 is 10.1 Å². The zero-order valence-electron chi connectivity index (χ0n) is 12.2. The molecular weight excluding hydrogens is 281 g/mol. The van der Waals surface area contributed by atoms with Crippen LogP contribution in [0.15, 0.2) is 24.3 Å². The number of hydrogen-bond acceptors (Lipinski definition) is 3. The number of unbranched alkanes of at least 4 members (excludes halogenated alkanes) is 1. The minimum absolute atomic E-state index is 0.337. The summed E-state index contributed by atoms with van der Waals surface area (Å²) in [6, 6.07) is 10.1. The quantitative estimate of drug-likeness (QED) is 0.263. The van der Waals surface area contributed by atoms with Crippen LogP contribution >= 0.6 is 9.24 Å². The van der Waals surface area contributed by atoms with E-state index in [1.54, 1.807) is 0 Å². The van der Waals surface area contributed by atoms with Crippen molar-refractivity contribution >= 4 is 15.5 Å². The second-order valence-electron chi connectivity index (χ2n) is 4.46. The van der Waals surface area contributed by atoms with Crippen molar-refractivity contribution in [1.29, 1.82) is 0 Å². The van der Waals surface area contributed by atoms with Crippen LogP contribution in [0.3, 0.4) is 0 Å². The molecule has 0 spiro atoms. The van der Waals surface area contributed by atoms with Crippen molar-refractivity contribution in [2.45, 2.75) is 32.2 Å². The first-order chi connectivity index (χ1) is 10.3. The summed E-state index contributed by atoms with van der Waals surface area (Å²) in [5, 5.41) is 2.84. The third-order valence-corrected chi connectivity index (χ3v) is 2.91. The Bertz CT molecular complexity index is 546. The highest BCUT2D eigenvalue weighted by Crippen LogP contribution is 2.13. The molecule has 21 heavy (non-hydrogen) atoms. The molecule has 3 nitrogen and oxygen atoms in total. The van der Waals surface area contributed by atoms with E-state index < -0.39 is 0 Å². The molecule has 110 valence electrons. The molecule has 2 atom stereocenters. The van der Waals surface area contributed by atoms with Crippen molar-refractivity contribution in [2.24, 2.45) is 0 Å². The van der Waals surface area contributed by atoms with E-state index in [1.165, 1.54) is 0 Å². The molecule has 0 aromatic heterocycles. The van der Waals surface area contributed by atoms with Gasteiger partial charge in [0.2, 0.25) is 0 Å². The number of rotatable bonds is 8. The lowest BCUT2D eigenvalue weighted by atomic mass is 10.1. The zero-order valence-corrected chi connectivity index (χ0v) is 13.3. The molecule has 0 saturated carbocycles. The molecule has 0 saturated heterocycles. The number of benzene rings is 1. The largest absolute Gasteiger partial charge is 0.494 e. The van der Waals surface area contributed by atoms with Gasteiger partial charge in [0, 0.05) is 12.0 Å². The van der Waals surface area contributed by atoms with E-state index in [1.807, 2.05) is 24.3 Å². The Morgan fingerprint density at radius 1 is 1.33 bits per heavy atom. The highest BCUT2D eigenvalue weighted by Gasteiger charge is 2.06. The molecule has 0 amide bonds. The van der Waals surface area contributed by atoms with Gasteiger partial charge in [0.05, 0.1) is 12.6 Å². The van der Waals surface area contributed by atoms with Gasteiger partial charge in [-0.25, -0.2) is 0 Å². The number of hydrogen-bond donors (Lipinski definition) is 1. The van der Waals surface area contributed by atoms with E-state index in [2.05, 4.69) is 45.0 Å². The number of carbonyl (C=O) groups is 1. The topological polar surface area (TPSA) is 38.3 Å². The van der Waals surface area contributed by atoms with Crippen LogP contribution in [-0.4, -0.2) is 18.9 Å². The molecule has 0 aliphatic carbocycles. The molecule has 1 aromatic rings. The van der Waals surface area contributed by atoms with Crippen molar-refractivity contribution in [3.63, 3.8) is 0 Å². The number of nitrogens with one attached hydrogen (secondary N) is 1. The summed E-state index contributed by atoms with van der Waals surface area (Å²) in [6.07, 6.45) is 3.61. The van der Waals surface area contributed by atoms with E-state index in [0.29, 0.717) is 6.42 Å². The molecule has 1 unspecified atom stereocenters. The Hall–Kier alpha value is -1.96. The third-order valence-electron chi connectivity index (χ3n) is 2.76. The van der Waals surface area contributed by atoms with Crippen LogP contribution in [0.5, 0.6) is 5.75 Å². The van der Waals surface area contributed by atoms with Crippen molar-refractivity contribution in [3.05, 3.63) is 29.8 Å². The predicted molar refractivity (Wildman–Crippen MR) is 88.8 cm³/mol.